The standard InChI is InChI=1S/C26H26N6O2/c1-34-22-12-6-5-11-21(22)28-26(33)20-10-7-16-31(18-20)23-13-14-24(30-29-23)32-17-15-27-25(32)19-8-3-2-4-9-19/h2-6,8-9,11-15,17,20H,7,10,16,18H2,1H3,(H,28,33). The predicted molar refractivity (Wildman–Crippen MR) is 131 cm³/mol. The molecule has 34 heavy (non-hydrogen) atoms. The molecule has 5 rings (SSSR count). The van der Waals surface area contributed by atoms with Gasteiger partial charge in [0.1, 0.15) is 11.6 Å². The number of carbonyl (C=O) groups is 1. The molecule has 0 radical (unpaired) electrons. The smallest absolute Gasteiger partial charge is 0.229 e. The summed E-state index contributed by atoms with van der Waals surface area (Å²) in [6, 6.07) is 21.3. The van der Waals surface area contributed by atoms with Crippen molar-refractivity contribution in [2.75, 3.05) is 30.4 Å². The zero-order valence-electron chi connectivity index (χ0n) is 19.0. The zero-order valence-corrected chi connectivity index (χ0v) is 19.0. The molecule has 2 aromatic heterocycles. The molecule has 1 amide bonds. The summed E-state index contributed by atoms with van der Waals surface area (Å²) in [5, 5.41) is 11.9. The topological polar surface area (TPSA) is 85.2 Å². The van der Waals surface area contributed by atoms with E-state index in [9.17, 15) is 4.79 Å². The van der Waals surface area contributed by atoms with Crippen LogP contribution in [0.3, 0.4) is 0 Å². The number of imidazole rings is 1. The van der Waals surface area contributed by atoms with Crippen LogP contribution in [0.1, 0.15) is 12.8 Å². The van der Waals surface area contributed by atoms with Crippen molar-refractivity contribution in [1.82, 2.24) is 19.7 Å². The molecule has 1 aliphatic rings. The molecule has 1 unspecified atom stereocenters. The number of benzene rings is 2. The van der Waals surface area contributed by atoms with Crippen LogP contribution in [-0.2, 0) is 4.79 Å². The first-order chi connectivity index (χ1) is 16.7. The molecule has 172 valence electrons. The Morgan fingerprint density at radius 3 is 2.56 bits per heavy atom. The molecular weight excluding hydrogens is 428 g/mol. The molecule has 1 atom stereocenters. The average molecular weight is 455 g/mol. The third kappa shape index (κ3) is 4.47. The van der Waals surface area contributed by atoms with E-state index in [4.69, 9.17) is 4.74 Å². The van der Waals surface area contributed by atoms with Crippen molar-refractivity contribution < 1.29 is 9.53 Å². The molecule has 3 heterocycles. The Morgan fingerprint density at radius 1 is 1.00 bits per heavy atom. The Labute approximate surface area is 198 Å². The van der Waals surface area contributed by atoms with Crippen LogP contribution < -0.4 is 15.0 Å². The summed E-state index contributed by atoms with van der Waals surface area (Å²) >= 11 is 0. The quantitative estimate of drug-likeness (QED) is 0.470. The number of hydrogen-bond donors (Lipinski definition) is 1. The van der Waals surface area contributed by atoms with E-state index < -0.39 is 0 Å². The Kier molecular flexibility index (Phi) is 6.20. The first kappa shape index (κ1) is 21.6. The number of piperidine rings is 1. The average Bonchev–Trinajstić information content (AvgIpc) is 3.40. The number of aromatic nitrogens is 4. The van der Waals surface area contributed by atoms with Gasteiger partial charge in [-0.15, -0.1) is 10.2 Å². The van der Waals surface area contributed by atoms with Crippen molar-refractivity contribution >= 4 is 17.4 Å². The predicted octanol–water partition coefficient (Wildman–Crippen LogP) is 4.19. The molecule has 0 bridgehead atoms. The van der Waals surface area contributed by atoms with Gasteiger partial charge in [0.15, 0.2) is 11.6 Å². The van der Waals surface area contributed by atoms with Crippen molar-refractivity contribution in [1.29, 1.82) is 0 Å². The molecule has 0 spiro atoms. The summed E-state index contributed by atoms with van der Waals surface area (Å²) in [7, 11) is 1.60. The number of methoxy groups -OCH3 is 1. The number of rotatable bonds is 6. The van der Waals surface area contributed by atoms with E-state index in [2.05, 4.69) is 25.4 Å². The highest BCUT2D eigenvalue weighted by molar-refractivity contribution is 5.94. The second-order valence-corrected chi connectivity index (χ2v) is 8.21. The zero-order chi connectivity index (χ0) is 23.3. The van der Waals surface area contributed by atoms with E-state index in [-0.39, 0.29) is 11.8 Å². The maximum Gasteiger partial charge on any atom is 0.229 e. The van der Waals surface area contributed by atoms with Crippen LogP contribution in [0.5, 0.6) is 5.75 Å². The largest absolute Gasteiger partial charge is 0.495 e. The van der Waals surface area contributed by atoms with E-state index >= 15 is 0 Å². The number of ether oxygens (including phenoxy) is 1. The lowest BCUT2D eigenvalue weighted by Gasteiger charge is -2.32. The molecule has 2 aromatic carbocycles. The van der Waals surface area contributed by atoms with Gasteiger partial charge in [0.05, 0.1) is 18.7 Å². The molecule has 0 saturated carbocycles. The van der Waals surface area contributed by atoms with Gasteiger partial charge in [-0.2, -0.15) is 0 Å². The lowest BCUT2D eigenvalue weighted by molar-refractivity contribution is -0.120. The molecule has 4 aromatic rings. The van der Waals surface area contributed by atoms with Crippen LogP contribution in [-0.4, -0.2) is 45.9 Å². The number of para-hydroxylation sites is 2. The van der Waals surface area contributed by atoms with Gasteiger partial charge in [-0.3, -0.25) is 9.36 Å². The Balaban J connectivity index is 1.29. The van der Waals surface area contributed by atoms with E-state index in [0.717, 1.165) is 36.6 Å². The first-order valence-corrected chi connectivity index (χ1v) is 11.3. The summed E-state index contributed by atoms with van der Waals surface area (Å²) in [5.41, 5.74) is 1.70. The first-order valence-electron chi connectivity index (χ1n) is 11.3. The molecule has 1 N–H and O–H groups in total. The molecule has 1 aliphatic heterocycles. The van der Waals surface area contributed by atoms with E-state index in [1.54, 1.807) is 13.3 Å². The van der Waals surface area contributed by atoms with Gasteiger partial charge < -0.3 is 15.0 Å². The monoisotopic (exact) mass is 454 g/mol. The van der Waals surface area contributed by atoms with Gasteiger partial charge in [-0.25, -0.2) is 4.98 Å². The van der Waals surface area contributed by atoms with E-state index in [1.165, 1.54) is 0 Å². The van der Waals surface area contributed by atoms with Gasteiger partial charge in [0, 0.05) is 31.0 Å². The molecule has 8 nitrogen and oxygen atoms in total. The summed E-state index contributed by atoms with van der Waals surface area (Å²) in [6.07, 6.45) is 5.38. The minimum absolute atomic E-state index is 0.00954. The Bertz CT molecular complexity index is 1260. The highest BCUT2D eigenvalue weighted by Gasteiger charge is 2.27. The van der Waals surface area contributed by atoms with Gasteiger partial charge in [-0.05, 0) is 37.1 Å². The Hall–Kier alpha value is -4.20. The SMILES string of the molecule is COc1ccccc1NC(=O)C1CCCN(c2ccc(-n3ccnc3-c3ccccc3)nn2)C1. The van der Waals surface area contributed by atoms with Crippen LogP contribution in [0.15, 0.2) is 79.1 Å². The van der Waals surface area contributed by atoms with Crippen molar-refractivity contribution in [3.63, 3.8) is 0 Å². The number of carbonyl (C=O) groups excluding carboxylic acids is 1. The summed E-state index contributed by atoms with van der Waals surface area (Å²) in [4.78, 5) is 19.6. The fourth-order valence-corrected chi connectivity index (χ4v) is 4.29. The molecule has 8 heteroatoms. The molecule has 0 aliphatic carbocycles. The van der Waals surface area contributed by atoms with Crippen LogP contribution in [0.25, 0.3) is 17.2 Å². The fraction of sp³-hybridized carbons (Fsp3) is 0.231. The molecule has 1 fully saturated rings. The summed E-state index contributed by atoms with van der Waals surface area (Å²) < 4.78 is 7.27. The Morgan fingerprint density at radius 2 is 1.76 bits per heavy atom. The van der Waals surface area contributed by atoms with Crippen LogP contribution in [0.4, 0.5) is 11.5 Å². The number of amides is 1. The lowest BCUT2D eigenvalue weighted by atomic mass is 9.97. The van der Waals surface area contributed by atoms with Gasteiger partial charge in [-0.1, -0.05) is 42.5 Å². The second-order valence-electron chi connectivity index (χ2n) is 8.21. The molecular formula is C26H26N6O2. The summed E-state index contributed by atoms with van der Waals surface area (Å²) in [6.45, 7) is 1.43. The van der Waals surface area contributed by atoms with E-state index in [0.29, 0.717) is 23.8 Å². The summed E-state index contributed by atoms with van der Waals surface area (Å²) in [5.74, 6) is 2.78. The maximum atomic E-state index is 13.0. The van der Waals surface area contributed by atoms with Crippen molar-refractivity contribution in [2.45, 2.75) is 12.8 Å². The van der Waals surface area contributed by atoms with E-state index in [1.807, 2.05) is 77.5 Å². The highest BCUT2D eigenvalue weighted by Crippen LogP contribution is 2.27. The number of hydrogen-bond acceptors (Lipinski definition) is 6. The van der Waals surface area contributed by atoms with Crippen molar-refractivity contribution in [3.8, 4) is 23.0 Å². The van der Waals surface area contributed by atoms with Crippen molar-refractivity contribution in [3.05, 3.63) is 79.1 Å². The van der Waals surface area contributed by atoms with Gasteiger partial charge in [0.25, 0.3) is 0 Å². The minimum Gasteiger partial charge on any atom is -0.495 e. The number of nitrogens with one attached hydrogen (secondary N) is 1. The maximum absolute atomic E-state index is 13.0. The highest BCUT2D eigenvalue weighted by atomic mass is 16.5. The van der Waals surface area contributed by atoms with Gasteiger partial charge >= 0.3 is 0 Å². The third-order valence-corrected chi connectivity index (χ3v) is 6.04. The fourth-order valence-electron chi connectivity index (χ4n) is 4.29. The van der Waals surface area contributed by atoms with Crippen LogP contribution >= 0.6 is 0 Å². The van der Waals surface area contributed by atoms with Crippen molar-refractivity contribution in [2.24, 2.45) is 5.92 Å². The number of nitrogens with zero attached hydrogens (tertiary/aromatic N) is 5. The second kappa shape index (κ2) is 9.74. The van der Waals surface area contributed by atoms with Crippen LogP contribution in [0.2, 0.25) is 0 Å². The number of anilines is 2. The third-order valence-electron chi connectivity index (χ3n) is 6.04. The normalized spacial score (nSPS) is 15.7. The van der Waals surface area contributed by atoms with Crippen LogP contribution in [0, 0.1) is 5.92 Å². The van der Waals surface area contributed by atoms with Gasteiger partial charge in [0.2, 0.25) is 5.91 Å². The molecule has 1 saturated heterocycles. The minimum atomic E-state index is -0.140. The lowest BCUT2D eigenvalue weighted by Crippen LogP contribution is -2.41.